The molecule has 10 atom stereocenters. The predicted octanol–water partition coefficient (Wildman–Crippen LogP) is -5.43. The third-order valence-electron chi connectivity index (χ3n) is 4.58. The van der Waals surface area contributed by atoms with E-state index in [0.717, 1.165) is 6.92 Å². The Morgan fingerprint density at radius 1 is 1.00 bits per heavy atom. The molecule has 0 aromatic heterocycles. The number of carbonyl (C=O) groups is 1. The molecule has 2 fully saturated rings. The second-order valence-corrected chi connectivity index (χ2v) is 7.88. The van der Waals surface area contributed by atoms with Crippen LogP contribution in [0.15, 0.2) is 0 Å². The maximum atomic E-state index is 11.5. The third kappa shape index (κ3) is 6.02. The van der Waals surface area contributed by atoms with Gasteiger partial charge in [-0.25, -0.2) is 4.18 Å². The Bertz CT molecular complexity index is 688. The van der Waals surface area contributed by atoms with E-state index in [4.69, 9.17) is 18.8 Å². The second kappa shape index (κ2) is 10.1. The van der Waals surface area contributed by atoms with Crippen LogP contribution >= 0.6 is 0 Å². The van der Waals surface area contributed by atoms with E-state index in [-0.39, 0.29) is 0 Å². The summed E-state index contributed by atoms with van der Waals surface area (Å²) in [7, 11) is -4.91. The highest BCUT2D eigenvalue weighted by Gasteiger charge is 2.51. The molecule has 8 N–H and O–H groups in total. The maximum Gasteiger partial charge on any atom is 0.397 e. The van der Waals surface area contributed by atoms with Gasteiger partial charge in [-0.1, -0.05) is 0 Å². The van der Waals surface area contributed by atoms with E-state index >= 15 is 0 Å². The minimum absolute atomic E-state index is 0.676. The van der Waals surface area contributed by atoms with Gasteiger partial charge in [0, 0.05) is 6.92 Å². The fraction of sp³-hybridized carbons (Fsp3) is 0.929. The van der Waals surface area contributed by atoms with Crippen molar-refractivity contribution in [2.45, 2.75) is 68.3 Å². The molecule has 1 unspecified atom stereocenters. The molecule has 16 heteroatoms. The van der Waals surface area contributed by atoms with Crippen molar-refractivity contribution >= 4 is 16.3 Å². The summed E-state index contributed by atoms with van der Waals surface area (Å²) in [4.78, 5) is 11.5. The number of aliphatic hydroxyl groups is 6. The molecule has 0 bridgehead atoms. The average molecular weight is 463 g/mol. The molecule has 0 saturated carbocycles. The van der Waals surface area contributed by atoms with Crippen LogP contribution in [-0.2, 0) is 33.6 Å². The van der Waals surface area contributed by atoms with Crippen molar-refractivity contribution in [3.8, 4) is 0 Å². The van der Waals surface area contributed by atoms with Crippen LogP contribution in [0.4, 0.5) is 0 Å². The van der Waals surface area contributed by atoms with Gasteiger partial charge < -0.3 is 50.2 Å². The molecule has 2 rings (SSSR count). The zero-order valence-electron chi connectivity index (χ0n) is 15.6. The van der Waals surface area contributed by atoms with E-state index in [2.05, 4.69) is 9.50 Å². The van der Waals surface area contributed by atoms with Gasteiger partial charge in [0.25, 0.3) is 0 Å². The van der Waals surface area contributed by atoms with E-state index < -0.39 is 90.9 Å². The smallest absolute Gasteiger partial charge is 0.394 e. The summed E-state index contributed by atoms with van der Waals surface area (Å²) in [6.07, 6.45) is -15.3. The molecule has 0 spiro atoms. The Morgan fingerprint density at radius 3 is 2.17 bits per heavy atom. The van der Waals surface area contributed by atoms with Crippen LogP contribution < -0.4 is 5.32 Å². The van der Waals surface area contributed by atoms with Crippen molar-refractivity contribution < 1.29 is 66.8 Å². The highest BCUT2D eigenvalue weighted by molar-refractivity contribution is 7.80. The zero-order chi connectivity index (χ0) is 22.8. The summed E-state index contributed by atoms with van der Waals surface area (Å²) in [5.41, 5.74) is 0. The molecule has 2 aliphatic heterocycles. The highest BCUT2D eigenvalue weighted by atomic mass is 32.3. The maximum absolute atomic E-state index is 11.5. The van der Waals surface area contributed by atoms with Gasteiger partial charge in [0.2, 0.25) is 5.91 Å². The van der Waals surface area contributed by atoms with Crippen molar-refractivity contribution in [3.63, 3.8) is 0 Å². The van der Waals surface area contributed by atoms with Gasteiger partial charge in [0.05, 0.1) is 13.2 Å². The first kappa shape index (κ1) is 25.2. The van der Waals surface area contributed by atoms with Crippen LogP contribution in [-0.4, -0.2) is 124 Å². The average Bonchev–Trinajstić information content (AvgIpc) is 2.65. The highest BCUT2D eigenvalue weighted by Crippen LogP contribution is 2.29. The Hall–Kier alpha value is -1.02. The summed E-state index contributed by atoms with van der Waals surface area (Å²) in [6.45, 7) is -0.625. The lowest BCUT2D eigenvalue weighted by atomic mass is 9.95. The van der Waals surface area contributed by atoms with Gasteiger partial charge in [-0.05, 0) is 0 Å². The molecular weight excluding hydrogens is 438 g/mol. The summed E-state index contributed by atoms with van der Waals surface area (Å²) < 4.78 is 50.0. The lowest BCUT2D eigenvalue weighted by Gasteiger charge is -2.46. The SMILES string of the molecule is CC(=O)N[C@H]1C(O)O[C@H](COS(=O)(=O)O)[C@H](O)[C@@H]1O[C@@H]1O[C@H](CO)[C@H](O)[C@H](O)[C@H]1O. The quantitative estimate of drug-likeness (QED) is 0.164. The third-order valence-corrected chi connectivity index (χ3v) is 5.02. The predicted molar refractivity (Wildman–Crippen MR) is 90.6 cm³/mol. The fourth-order valence-corrected chi connectivity index (χ4v) is 3.42. The molecule has 176 valence electrons. The molecule has 2 aliphatic rings. The van der Waals surface area contributed by atoms with Gasteiger partial charge in [-0.15, -0.1) is 0 Å². The first-order valence-corrected chi connectivity index (χ1v) is 10.1. The first-order valence-electron chi connectivity index (χ1n) is 8.72. The summed E-state index contributed by atoms with van der Waals surface area (Å²) in [5.74, 6) is -0.676. The van der Waals surface area contributed by atoms with Crippen molar-refractivity contribution in [2.75, 3.05) is 13.2 Å². The standard InChI is InChI=1S/C14H25NO14S/c1-4(17)15-7-12(9(19)6(27-13(7)22)3-26-30(23,24)25)29-14-11(21)10(20)8(18)5(2-16)28-14/h5-14,16,18-22H,2-3H2,1H3,(H,15,17)(H,23,24,25)/t5-,6-,7-,8+,9+,10+,11-,12-,13?,14+/m1/s1. The monoisotopic (exact) mass is 463 g/mol. The number of ether oxygens (including phenoxy) is 3. The Balaban J connectivity index is 2.24. The molecule has 2 saturated heterocycles. The number of nitrogens with one attached hydrogen (secondary N) is 1. The zero-order valence-corrected chi connectivity index (χ0v) is 16.4. The van der Waals surface area contributed by atoms with Crippen LogP contribution in [0.25, 0.3) is 0 Å². The first-order chi connectivity index (χ1) is 13.9. The Morgan fingerprint density at radius 2 is 1.63 bits per heavy atom. The summed E-state index contributed by atoms with van der Waals surface area (Å²) >= 11 is 0. The van der Waals surface area contributed by atoms with Gasteiger partial charge in [0.1, 0.15) is 48.8 Å². The number of hydrogen-bond donors (Lipinski definition) is 8. The topological polar surface area (TPSA) is 242 Å². The minimum atomic E-state index is -4.91. The number of amides is 1. The van der Waals surface area contributed by atoms with Gasteiger partial charge in [-0.3, -0.25) is 9.35 Å². The van der Waals surface area contributed by atoms with Gasteiger partial charge in [-0.2, -0.15) is 8.42 Å². The summed E-state index contributed by atoms with van der Waals surface area (Å²) in [6, 6.07) is -1.45. The number of carbonyl (C=O) groups excluding carboxylic acids is 1. The fourth-order valence-electron chi connectivity index (χ4n) is 3.11. The molecule has 0 radical (unpaired) electrons. The Kier molecular flexibility index (Phi) is 8.47. The van der Waals surface area contributed by atoms with Crippen LogP contribution in [0.2, 0.25) is 0 Å². The summed E-state index contributed by atoms with van der Waals surface area (Å²) in [5, 5.41) is 62.0. The molecule has 1 amide bonds. The van der Waals surface area contributed by atoms with Crippen LogP contribution in [0.3, 0.4) is 0 Å². The van der Waals surface area contributed by atoms with Crippen molar-refractivity contribution in [2.24, 2.45) is 0 Å². The van der Waals surface area contributed by atoms with Gasteiger partial charge in [0.15, 0.2) is 12.6 Å². The lowest BCUT2D eigenvalue weighted by molar-refractivity contribution is -0.341. The van der Waals surface area contributed by atoms with E-state index in [1.807, 2.05) is 0 Å². The van der Waals surface area contributed by atoms with E-state index in [0.29, 0.717) is 0 Å². The van der Waals surface area contributed by atoms with Crippen molar-refractivity contribution in [3.05, 3.63) is 0 Å². The molecule has 0 aromatic rings. The number of aliphatic hydroxyl groups excluding tert-OH is 6. The number of rotatable bonds is 7. The number of hydrogen-bond acceptors (Lipinski definition) is 13. The van der Waals surface area contributed by atoms with E-state index in [9.17, 15) is 43.9 Å². The molecule has 2 heterocycles. The van der Waals surface area contributed by atoms with E-state index in [1.165, 1.54) is 0 Å². The largest absolute Gasteiger partial charge is 0.397 e. The van der Waals surface area contributed by atoms with Crippen molar-refractivity contribution in [1.29, 1.82) is 0 Å². The van der Waals surface area contributed by atoms with Crippen LogP contribution in [0.1, 0.15) is 6.92 Å². The molecule has 30 heavy (non-hydrogen) atoms. The molecular formula is C14H25NO14S. The minimum Gasteiger partial charge on any atom is -0.394 e. The second-order valence-electron chi connectivity index (χ2n) is 6.79. The Labute approximate surface area is 170 Å². The van der Waals surface area contributed by atoms with E-state index in [1.54, 1.807) is 0 Å². The van der Waals surface area contributed by atoms with Crippen LogP contribution in [0.5, 0.6) is 0 Å². The molecule has 0 aliphatic carbocycles. The lowest BCUT2D eigenvalue weighted by Crippen LogP contribution is -2.67. The normalized spacial score (nSPS) is 42.7. The van der Waals surface area contributed by atoms with Crippen LogP contribution in [0, 0.1) is 0 Å². The molecule has 15 nitrogen and oxygen atoms in total. The van der Waals surface area contributed by atoms with Gasteiger partial charge >= 0.3 is 10.4 Å². The molecule has 0 aromatic carbocycles. The van der Waals surface area contributed by atoms with Crippen molar-refractivity contribution in [1.82, 2.24) is 5.32 Å².